The van der Waals surface area contributed by atoms with E-state index in [0.717, 1.165) is 50.4 Å². The fourth-order valence-electron chi connectivity index (χ4n) is 2.85. The van der Waals surface area contributed by atoms with Gasteiger partial charge < -0.3 is 15.4 Å². The van der Waals surface area contributed by atoms with Crippen LogP contribution in [0.3, 0.4) is 0 Å². The van der Waals surface area contributed by atoms with Crippen LogP contribution >= 0.6 is 0 Å². The van der Waals surface area contributed by atoms with Crippen LogP contribution in [0.1, 0.15) is 18.5 Å². The first kappa shape index (κ1) is 14.8. The molecule has 0 bridgehead atoms. The number of anilines is 1. The maximum atomic E-state index is 10.9. The molecule has 22 heavy (non-hydrogen) atoms. The summed E-state index contributed by atoms with van der Waals surface area (Å²) in [5, 5.41) is 1.17. The number of rotatable bonds is 5. The minimum absolute atomic E-state index is 0.255. The number of nitrogens with two attached hydrogens (primary N) is 1. The second kappa shape index (κ2) is 6.75. The van der Waals surface area contributed by atoms with Gasteiger partial charge >= 0.3 is 0 Å². The molecule has 1 amide bonds. The van der Waals surface area contributed by atoms with E-state index < -0.39 is 0 Å². The number of carbonyl (C=O) groups excluding carboxylic acids is 1. The highest BCUT2D eigenvalue weighted by Crippen LogP contribution is 2.28. The Morgan fingerprint density at radius 3 is 2.82 bits per heavy atom. The summed E-state index contributed by atoms with van der Waals surface area (Å²) in [7, 11) is 0. The number of aryl methyl sites for hydroxylation is 1. The Morgan fingerprint density at radius 2 is 2.05 bits per heavy atom. The van der Waals surface area contributed by atoms with Gasteiger partial charge in [-0.2, -0.15) is 0 Å². The molecule has 0 atom stereocenters. The van der Waals surface area contributed by atoms with Crippen LogP contribution in [0.25, 0.3) is 10.9 Å². The van der Waals surface area contributed by atoms with E-state index in [1.165, 1.54) is 11.1 Å². The van der Waals surface area contributed by atoms with Gasteiger partial charge in [0.1, 0.15) is 0 Å². The second-order valence-electron chi connectivity index (χ2n) is 5.57. The lowest BCUT2D eigenvalue weighted by Gasteiger charge is -2.30. The predicted molar refractivity (Wildman–Crippen MR) is 86.9 cm³/mol. The van der Waals surface area contributed by atoms with E-state index in [-0.39, 0.29) is 5.91 Å². The molecule has 0 radical (unpaired) electrons. The number of morpholine rings is 1. The van der Waals surface area contributed by atoms with Crippen LogP contribution in [0.2, 0.25) is 0 Å². The topological polar surface area (TPSA) is 68.5 Å². The van der Waals surface area contributed by atoms with Gasteiger partial charge in [-0.15, -0.1) is 0 Å². The van der Waals surface area contributed by atoms with Gasteiger partial charge in [0.2, 0.25) is 5.91 Å². The molecule has 1 aliphatic heterocycles. The first-order chi connectivity index (χ1) is 10.7. The van der Waals surface area contributed by atoms with Crippen LogP contribution in [0, 0.1) is 0 Å². The van der Waals surface area contributed by atoms with E-state index in [1.807, 2.05) is 18.2 Å². The number of ether oxygens (including phenoxy) is 1. The van der Waals surface area contributed by atoms with Gasteiger partial charge in [-0.05, 0) is 25.0 Å². The molecule has 1 fully saturated rings. The number of fused-ring (bicyclic) bond motifs is 1. The quantitative estimate of drug-likeness (QED) is 0.915. The van der Waals surface area contributed by atoms with Crippen molar-refractivity contribution in [2.24, 2.45) is 5.73 Å². The highest BCUT2D eigenvalue weighted by molar-refractivity contribution is 5.92. The van der Waals surface area contributed by atoms with Crippen LogP contribution in [-0.4, -0.2) is 37.2 Å². The largest absolute Gasteiger partial charge is 0.378 e. The summed E-state index contributed by atoms with van der Waals surface area (Å²) >= 11 is 0. The lowest BCUT2D eigenvalue weighted by molar-refractivity contribution is -0.118. The van der Waals surface area contributed by atoms with Crippen LogP contribution in [0.5, 0.6) is 0 Å². The van der Waals surface area contributed by atoms with Gasteiger partial charge in [-0.3, -0.25) is 9.78 Å². The lowest BCUT2D eigenvalue weighted by Crippen LogP contribution is -2.36. The normalized spacial score (nSPS) is 15.2. The first-order valence-electron chi connectivity index (χ1n) is 7.74. The number of nitrogens with zero attached hydrogens (tertiary/aromatic N) is 2. The zero-order chi connectivity index (χ0) is 15.4. The molecule has 3 rings (SSSR count). The second-order valence-corrected chi connectivity index (χ2v) is 5.57. The Bertz CT molecular complexity index is 666. The zero-order valence-electron chi connectivity index (χ0n) is 12.6. The summed E-state index contributed by atoms with van der Waals surface area (Å²) < 4.78 is 5.45. The highest BCUT2D eigenvalue weighted by Gasteiger charge is 2.15. The molecule has 1 saturated heterocycles. The maximum absolute atomic E-state index is 10.9. The van der Waals surface area contributed by atoms with Gasteiger partial charge in [0.25, 0.3) is 0 Å². The summed E-state index contributed by atoms with van der Waals surface area (Å²) in [4.78, 5) is 18.0. The van der Waals surface area contributed by atoms with Gasteiger partial charge in [0.05, 0.1) is 18.7 Å². The van der Waals surface area contributed by atoms with Gasteiger partial charge in [-0.1, -0.05) is 18.2 Å². The lowest BCUT2D eigenvalue weighted by atomic mass is 10.1. The number of carbonyl (C=O) groups is 1. The third-order valence-corrected chi connectivity index (χ3v) is 3.96. The molecule has 0 unspecified atom stereocenters. The van der Waals surface area contributed by atoms with E-state index in [9.17, 15) is 4.79 Å². The monoisotopic (exact) mass is 299 g/mol. The van der Waals surface area contributed by atoms with Crippen molar-refractivity contribution in [2.45, 2.75) is 19.3 Å². The van der Waals surface area contributed by atoms with Crippen molar-refractivity contribution in [2.75, 3.05) is 31.2 Å². The molecule has 2 aromatic rings. The first-order valence-corrected chi connectivity index (χ1v) is 7.74. The van der Waals surface area contributed by atoms with Crippen molar-refractivity contribution in [1.82, 2.24) is 4.98 Å². The fraction of sp³-hybridized carbons (Fsp3) is 0.412. The van der Waals surface area contributed by atoms with Crippen LogP contribution in [0.15, 0.2) is 30.3 Å². The molecule has 5 nitrogen and oxygen atoms in total. The Hall–Kier alpha value is -2.14. The number of para-hydroxylation sites is 1. The third kappa shape index (κ3) is 3.36. The minimum atomic E-state index is -0.255. The van der Waals surface area contributed by atoms with Crippen molar-refractivity contribution in [3.63, 3.8) is 0 Å². The van der Waals surface area contributed by atoms with E-state index >= 15 is 0 Å². The SMILES string of the molecule is NC(=O)CCCc1cc(N2CCOCC2)c2ccccc2n1. The third-order valence-electron chi connectivity index (χ3n) is 3.96. The molecular formula is C17H21N3O2. The summed E-state index contributed by atoms with van der Waals surface area (Å²) in [6.45, 7) is 3.31. The summed E-state index contributed by atoms with van der Waals surface area (Å²) in [5.74, 6) is -0.255. The molecule has 2 heterocycles. The van der Waals surface area contributed by atoms with E-state index in [4.69, 9.17) is 15.5 Å². The number of aromatic nitrogens is 1. The summed E-state index contributed by atoms with van der Waals surface area (Å²) in [6.07, 6.45) is 1.91. The molecule has 2 N–H and O–H groups in total. The molecule has 1 aromatic heterocycles. The van der Waals surface area contributed by atoms with Gasteiger partial charge in [0.15, 0.2) is 0 Å². The molecule has 0 saturated carbocycles. The molecule has 1 aliphatic rings. The smallest absolute Gasteiger partial charge is 0.217 e. The van der Waals surface area contributed by atoms with Crippen LogP contribution < -0.4 is 10.6 Å². The van der Waals surface area contributed by atoms with Gasteiger partial charge in [0, 0.05) is 36.3 Å². The zero-order valence-corrected chi connectivity index (χ0v) is 12.6. The Balaban J connectivity index is 1.91. The van der Waals surface area contributed by atoms with Gasteiger partial charge in [-0.25, -0.2) is 0 Å². The number of benzene rings is 1. The molecule has 0 spiro atoms. The molecule has 0 aliphatic carbocycles. The molecule has 1 aromatic carbocycles. The molecular weight excluding hydrogens is 278 g/mol. The van der Waals surface area contributed by atoms with E-state index in [0.29, 0.717) is 6.42 Å². The summed E-state index contributed by atoms with van der Waals surface area (Å²) in [6, 6.07) is 10.3. The predicted octanol–water partition coefficient (Wildman–Crippen LogP) is 1.88. The standard InChI is InChI=1S/C17H21N3O2/c18-17(21)7-3-4-13-12-16(20-8-10-22-11-9-20)14-5-1-2-6-15(14)19-13/h1-2,5-6,12H,3-4,7-11H2,(H2,18,21). The van der Waals surface area contributed by atoms with Crippen molar-refractivity contribution >= 4 is 22.5 Å². The number of pyridine rings is 1. The minimum Gasteiger partial charge on any atom is -0.378 e. The Labute approximate surface area is 130 Å². The van der Waals surface area contributed by atoms with Crippen molar-refractivity contribution < 1.29 is 9.53 Å². The van der Waals surface area contributed by atoms with Crippen LogP contribution in [-0.2, 0) is 16.0 Å². The molecule has 116 valence electrons. The maximum Gasteiger partial charge on any atom is 0.217 e. The number of hydrogen-bond donors (Lipinski definition) is 1. The van der Waals surface area contributed by atoms with E-state index in [1.54, 1.807) is 0 Å². The number of primary amides is 1. The van der Waals surface area contributed by atoms with Crippen molar-refractivity contribution in [1.29, 1.82) is 0 Å². The molecule has 5 heteroatoms. The Morgan fingerprint density at radius 1 is 1.27 bits per heavy atom. The Kier molecular flexibility index (Phi) is 4.53. The van der Waals surface area contributed by atoms with E-state index in [2.05, 4.69) is 17.0 Å². The van der Waals surface area contributed by atoms with Crippen LogP contribution in [0.4, 0.5) is 5.69 Å². The number of hydrogen-bond acceptors (Lipinski definition) is 4. The average Bonchev–Trinajstić information content (AvgIpc) is 2.54. The van der Waals surface area contributed by atoms with Crippen molar-refractivity contribution in [3.05, 3.63) is 36.0 Å². The number of amides is 1. The fourth-order valence-corrected chi connectivity index (χ4v) is 2.85. The highest BCUT2D eigenvalue weighted by atomic mass is 16.5. The average molecular weight is 299 g/mol. The summed E-state index contributed by atoms with van der Waals surface area (Å²) in [5.41, 5.74) is 8.44. The van der Waals surface area contributed by atoms with Crippen molar-refractivity contribution in [3.8, 4) is 0 Å².